The molecular formula is C20H19N3O3. The molecule has 1 aromatic heterocycles. The fourth-order valence-corrected chi connectivity index (χ4v) is 3.91. The highest BCUT2D eigenvalue weighted by atomic mass is 16.4. The van der Waals surface area contributed by atoms with E-state index in [-0.39, 0.29) is 5.56 Å². The predicted octanol–water partition coefficient (Wildman–Crippen LogP) is 3.33. The molecule has 4 rings (SSSR count). The first-order chi connectivity index (χ1) is 12.6. The predicted molar refractivity (Wildman–Crippen MR) is 98.2 cm³/mol. The zero-order valence-corrected chi connectivity index (χ0v) is 14.2. The standard InChI is InChI=1S/C20H19N3O3/c24-17-15-10-4-5-11-16(15)21-18(22-17)20(14-8-2-1-3-9-14)12-6-7-13-23(20)19(25)26/h1-5,8-11H,6-7,12-13H2,(H,25,26)(H,21,22,24). The number of hydrogen-bond donors (Lipinski definition) is 2. The molecule has 1 aliphatic rings. The zero-order valence-electron chi connectivity index (χ0n) is 14.2. The second kappa shape index (κ2) is 6.29. The van der Waals surface area contributed by atoms with Crippen LogP contribution in [0.5, 0.6) is 0 Å². The number of rotatable bonds is 2. The van der Waals surface area contributed by atoms with Crippen LogP contribution in [0.25, 0.3) is 10.9 Å². The molecule has 6 heteroatoms. The van der Waals surface area contributed by atoms with Gasteiger partial charge in [0.25, 0.3) is 5.56 Å². The van der Waals surface area contributed by atoms with Crippen LogP contribution in [0.3, 0.4) is 0 Å². The van der Waals surface area contributed by atoms with E-state index in [9.17, 15) is 14.7 Å². The lowest BCUT2D eigenvalue weighted by molar-refractivity contribution is 0.0632. The minimum atomic E-state index is -1.01. The van der Waals surface area contributed by atoms with Crippen LogP contribution in [-0.2, 0) is 5.54 Å². The van der Waals surface area contributed by atoms with Gasteiger partial charge >= 0.3 is 6.09 Å². The van der Waals surface area contributed by atoms with Crippen LogP contribution in [0.1, 0.15) is 30.7 Å². The van der Waals surface area contributed by atoms with Gasteiger partial charge in [-0.05, 0) is 37.0 Å². The molecule has 0 spiro atoms. The van der Waals surface area contributed by atoms with Gasteiger partial charge in [-0.25, -0.2) is 9.78 Å². The Bertz CT molecular complexity index is 1020. The molecule has 1 saturated heterocycles. The summed E-state index contributed by atoms with van der Waals surface area (Å²) in [6.07, 6.45) is 1.21. The summed E-state index contributed by atoms with van der Waals surface area (Å²) in [6, 6.07) is 16.6. The fraction of sp³-hybridized carbons (Fsp3) is 0.250. The Morgan fingerprint density at radius 3 is 2.58 bits per heavy atom. The number of benzene rings is 2. The number of carbonyl (C=O) groups is 1. The molecule has 0 bridgehead atoms. The largest absolute Gasteiger partial charge is 0.465 e. The molecule has 1 unspecified atom stereocenters. The van der Waals surface area contributed by atoms with Crippen LogP contribution in [0.15, 0.2) is 59.4 Å². The van der Waals surface area contributed by atoms with Crippen LogP contribution < -0.4 is 5.56 Å². The zero-order chi connectivity index (χ0) is 18.1. The first kappa shape index (κ1) is 16.3. The Kier molecular flexibility index (Phi) is 3.95. The van der Waals surface area contributed by atoms with Crippen LogP contribution in [0.2, 0.25) is 0 Å². The quantitative estimate of drug-likeness (QED) is 0.743. The van der Waals surface area contributed by atoms with Gasteiger partial charge in [-0.3, -0.25) is 9.69 Å². The highest BCUT2D eigenvalue weighted by Gasteiger charge is 2.47. The molecule has 0 saturated carbocycles. The Morgan fingerprint density at radius 2 is 1.81 bits per heavy atom. The van der Waals surface area contributed by atoms with Crippen molar-refractivity contribution >= 4 is 17.0 Å². The molecule has 26 heavy (non-hydrogen) atoms. The molecule has 0 radical (unpaired) electrons. The lowest BCUT2D eigenvalue weighted by atomic mass is 9.79. The van der Waals surface area contributed by atoms with Crippen molar-refractivity contribution in [2.75, 3.05) is 6.54 Å². The minimum absolute atomic E-state index is 0.253. The van der Waals surface area contributed by atoms with E-state index in [0.717, 1.165) is 18.4 Å². The van der Waals surface area contributed by atoms with Crippen molar-refractivity contribution in [3.05, 3.63) is 76.3 Å². The second-order valence-corrected chi connectivity index (χ2v) is 6.55. The third-order valence-electron chi connectivity index (χ3n) is 5.12. The van der Waals surface area contributed by atoms with Gasteiger partial charge in [-0.2, -0.15) is 0 Å². The first-order valence-electron chi connectivity index (χ1n) is 8.68. The molecule has 0 aliphatic carbocycles. The van der Waals surface area contributed by atoms with E-state index in [1.54, 1.807) is 18.2 Å². The van der Waals surface area contributed by atoms with E-state index < -0.39 is 11.6 Å². The Labute approximate surface area is 150 Å². The number of fused-ring (bicyclic) bond motifs is 1. The van der Waals surface area contributed by atoms with Gasteiger partial charge in [0.05, 0.1) is 10.9 Å². The molecule has 1 aliphatic heterocycles. The van der Waals surface area contributed by atoms with Crippen molar-refractivity contribution < 1.29 is 9.90 Å². The lowest BCUT2D eigenvalue weighted by Gasteiger charge is -2.45. The third-order valence-corrected chi connectivity index (χ3v) is 5.12. The van der Waals surface area contributed by atoms with Gasteiger partial charge in [-0.15, -0.1) is 0 Å². The number of hydrogen-bond acceptors (Lipinski definition) is 3. The molecule has 132 valence electrons. The molecule has 2 heterocycles. The summed E-state index contributed by atoms with van der Waals surface area (Å²) in [5.41, 5.74) is 0.143. The monoisotopic (exact) mass is 349 g/mol. The summed E-state index contributed by atoms with van der Waals surface area (Å²) in [6.45, 7) is 0.404. The first-order valence-corrected chi connectivity index (χ1v) is 8.68. The lowest BCUT2D eigenvalue weighted by Crippen LogP contribution is -2.54. The number of piperidine rings is 1. The summed E-state index contributed by atoms with van der Waals surface area (Å²) in [5.74, 6) is 0.384. The molecular weight excluding hydrogens is 330 g/mol. The van der Waals surface area contributed by atoms with E-state index in [2.05, 4.69) is 9.97 Å². The second-order valence-electron chi connectivity index (χ2n) is 6.55. The number of para-hydroxylation sites is 1. The molecule has 2 N–H and O–H groups in total. The summed E-state index contributed by atoms with van der Waals surface area (Å²) >= 11 is 0. The van der Waals surface area contributed by atoms with E-state index in [1.807, 2.05) is 36.4 Å². The summed E-state index contributed by atoms with van der Waals surface area (Å²) < 4.78 is 0. The van der Waals surface area contributed by atoms with Gasteiger partial charge in [0.1, 0.15) is 11.4 Å². The van der Waals surface area contributed by atoms with Gasteiger partial charge < -0.3 is 10.1 Å². The molecule has 1 amide bonds. The van der Waals surface area contributed by atoms with Gasteiger partial charge in [-0.1, -0.05) is 42.5 Å². The number of likely N-dealkylation sites (tertiary alicyclic amines) is 1. The van der Waals surface area contributed by atoms with Crippen LogP contribution in [-0.4, -0.2) is 32.6 Å². The maximum Gasteiger partial charge on any atom is 0.408 e. The van der Waals surface area contributed by atoms with Crippen molar-refractivity contribution in [2.24, 2.45) is 0 Å². The van der Waals surface area contributed by atoms with Crippen LogP contribution in [0.4, 0.5) is 4.79 Å². The SMILES string of the molecule is O=C(O)N1CCCCC1(c1ccccc1)c1nc2ccccc2c(=O)[nH]1. The highest BCUT2D eigenvalue weighted by molar-refractivity contribution is 5.77. The topological polar surface area (TPSA) is 86.3 Å². The molecule has 1 atom stereocenters. The maximum absolute atomic E-state index is 12.6. The maximum atomic E-state index is 12.6. The van der Waals surface area contributed by atoms with Crippen LogP contribution in [0, 0.1) is 0 Å². The fourth-order valence-electron chi connectivity index (χ4n) is 3.91. The van der Waals surface area contributed by atoms with E-state index in [4.69, 9.17) is 0 Å². The van der Waals surface area contributed by atoms with Gasteiger partial charge in [0, 0.05) is 6.54 Å². The van der Waals surface area contributed by atoms with Crippen molar-refractivity contribution in [1.82, 2.24) is 14.9 Å². The Morgan fingerprint density at radius 1 is 1.08 bits per heavy atom. The summed E-state index contributed by atoms with van der Waals surface area (Å²) in [4.78, 5) is 33.7. The normalized spacial score (nSPS) is 20.2. The average molecular weight is 349 g/mol. The number of aromatic nitrogens is 2. The van der Waals surface area contributed by atoms with E-state index in [1.165, 1.54) is 4.90 Å². The number of aromatic amines is 1. The van der Waals surface area contributed by atoms with Crippen molar-refractivity contribution in [3.63, 3.8) is 0 Å². The Balaban J connectivity index is 2.03. The van der Waals surface area contributed by atoms with Gasteiger partial charge in [0.2, 0.25) is 0 Å². The van der Waals surface area contributed by atoms with E-state index >= 15 is 0 Å². The third kappa shape index (κ3) is 2.45. The van der Waals surface area contributed by atoms with Crippen molar-refractivity contribution in [1.29, 1.82) is 0 Å². The van der Waals surface area contributed by atoms with Crippen molar-refractivity contribution in [2.45, 2.75) is 24.8 Å². The van der Waals surface area contributed by atoms with Crippen molar-refractivity contribution in [3.8, 4) is 0 Å². The van der Waals surface area contributed by atoms with Crippen LogP contribution >= 0.6 is 0 Å². The summed E-state index contributed by atoms with van der Waals surface area (Å²) in [7, 11) is 0. The van der Waals surface area contributed by atoms with E-state index in [0.29, 0.717) is 29.7 Å². The smallest absolute Gasteiger partial charge is 0.408 e. The molecule has 3 aromatic rings. The van der Waals surface area contributed by atoms with Gasteiger partial charge in [0.15, 0.2) is 0 Å². The number of nitrogens with zero attached hydrogens (tertiary/aromatic N) is 2. The Hall–Kier alpha value is -3.15. The summed E-state index contributed by atoms with van der Waals surface area (Å²) in [5, 5.41) is 10.4. The minimum Gasteiger partial charge on any atom is -0.465 e. The average Bonchev–Trinajstić information content (AvgIpc) is 2.68. The molecule has 6 nitrogen and oxygen atoms in total. The highest BCUT2D eigenvalue weighted by Crippen LogP contribution is 2.41. The number of carboxylic acid groups (broad SMARTS) is 1. The molecule has 1 fully saturated rings. The molecule has 2 aromatic carbocycles. The number of amides is 1. The number of H-pyrrole nitrogens is 1. The number of nitrogens with one attached hydrogen (secondary N) is 1.